The Labute approximate surface area is 54.9 Å². The van der Waals surface area contributed by atoms with Gasteiger partial charge in [-0.2, -0.15) is 0 Å². The predicted octanol–water partition coefficient (Wildman–Crippen LogP) is 0.840. The lowest BCUT2D eigenvalue weighted by molar-refractivity contribution is 0.863. The summed E-state index contributed by atoms with van der Waals surface area (Å²) < 4.78 is 0. The van der Waals surface area contributed by atoms with E-state index in [0.717, 1.165) is 5.56 Å². The number of hydrogen-bond acceptors (Lipinski definition) is 2. The molecule has 0 aliphatic heterocycles. The topological polar surface area (TPSA) is 24.9 Å². The molecule has 0 unspecified atom stereocenters. The molecule has 1 N–H and O–H groups in total. The van der Waals surface area contributed by atoms with Crippen molar-refractivity contribution in [2.45, 2.75) is 6.54 Å². The van der Waals surface area contributed by atoms with Gasteiger partial charge in [-0.1, -0.05) is 0 Å². The van der Waals surface area contributed by atoms with Crippen molar-refractivity contribution in [1.29, 1.82) is 0 Å². The normalized spacial score (nSPS) is 9.44. The molecule has 0 amide bonds. The molecule has 1 aromatic rings. The van der Waals surface area contributed by atoms with Crippen LogP contribution < -0.4 is 5.32 Å². The summed E-state index contributed by atoms with van der Waals surface area (Å²) in [6.45, 7) is 0.697. The van der Waals surface area contributed by atoms with Gasteiger partial charge in [0.15, 0.2) is 0 Å². The van der Waals surface area contributed by atoms with Gasteiger partial charge in [-0.05, 0) is 17.7 Å². The predicted molar refractivity (Wildman–Crippen MR) is 35.4 cm³/mol. The van der Waals surface area contributed by atoms with Gasteiger partial charge in [0.1, 0.15) is 0 Å². The number of pyridine rings is 1. The van der Waals surface area contributed by atoms with Gasteiger partial charge in [-0.3, -0.25) is 4.98 Å². The Bertz CT molecular complexity index is 160. The van der Waals surface area contributed by atoms with E-state index < -0.39 is 0 Å². The molecule has 0 bridgehead atoms. The lowest BCUT2D eigenvalue weighted by Gasteiger charge is -1.94. The average Bonchev–Trinajstić information content (AvgIpc) is 1.91. The minimum Gasteiger partial charge on any atom is -0.307 e. The Balaban J connectivity index is 2.61. The summed E-state index contributed by atoms with van der Waals surface area (Å²) >= 11 is 0. The van der Waals surface area contributed by atoms with Crippen molar-refractivity contribution >= 4 is 0 Å². The molecule has 1 rings (SSSR count). The highest BCUT2D eigenvalue weighted by Gasteiger charge is 1.84. The molecule has 0 saturated carbocycles. The second-order valence-electron chi connectivity index (χ2n) is 1.74. The Kier molecular flexibility index (Phi) is 2.22. The first-order valence-electron chi connectivity index (χ1n) is 2.76. The summed E-state index contributed by atoms with van der Waals surface area (Å²) in [5.41, 5.74) is 1.15. The van der Waals surface area contributed by atoms with E-state index in [1.807, 2.05) is 12.1 Å². The molecule has 0 aliphatic rings. The van der Waals surface area contributed by atoms with E-state index in [0.29, 0.717) is 6.54 Å². The van der Waals surface area contributed by atoms with Crippen LogP contribution in [0.5, 0.6) is 0 Å². The minimum absolute atomic E-state index is 0.697. The summed E-state index contributed by atoms with van der Waals surface area (Å²) in [6.07, 6.45) is 3.49. The monoisotopic (exact) mass is 120 g/mol. The number of aromatic nitrogens is 1. The van der Waals surface area contributed by atoms with Crippen LogP contribution in [-0.4, -0.2) is 4.98 Å². The maximum Gasteiger partial charge on any atom is 0.0410 e. The summed E-state index contributed by atoms with van der Waals surface area (Å²) in [7, 11) is 5.09. The lowest BCUT2D eigenvalue weighted by Crippen LogP contribution is -2.01. The quantitative estimate of drug-likeness (QED) is 0.585. The van der Waals surface area contributed by atoms with E-state index in [1.165, 1.54) is 0 Å². The van der Waals surface area contributed by atoms with Crippen LogP contribution in [0.3, 0.4) is 0 Å². The largest absolute Gasteiger partial charge is 0.307 e. The molecule has 2 radical (unpaired) electrons. The van der Waals surface area contributed by atoms with E-state index in [2.05, 4.69) is 10.3 Å². The fraction of sp³-hybridized carbons (Fsp3) is 0.143. The second-order valence-corrected chi connectivity index (χ2v) is 1.74. The maximum absolute atomic E-state index is 5.09. The van der Waals surface area contributed by atoms with Gasteiger partial charge in [-0.15, -0.1) is 0 Å². The molecule has 1 heterocycles. The first kappa shape index (κ1) is 6.23. The maximum atomic E-state index is 5.09. The molecular formula is C7H8N2. The third-order valence-electron chi connectivity index (χ3n) is 1.06. The summed E-state index contributed by atoms with van der Waals surface area (Å²) in [5, 5.41) is 2.56. The zero-order valence-corrected chi connectivity index (χ0v) is 5.04. The highest BCUT2D eigenvalue weighted by molar-refractivity contribution is 5.08. The van der Waals surface area contributed by atoms with Crippen molar-refractivity contribution in [2.24, 2.45) is 0 Å². The summed E-state index contributed by atoms with van der Waals surface area (Å²) in [5.74, 6) is 0. The van der Waals surface area contributed by atoms with Gasteiger partial charge in [0.25, 0.3) is 0 Å². The molecule has 1 aromatic heterocycles. The molecular weight excluding hydrogens is 112 g/mol. The Morgan fingerprint density at radius 2 is 2.11 bits per heavy atom. The van der Waals surface area contributed by atoms with Crippen LogP contribution in [0.4, 0.5) is 0 Å². The van der Waals surface area contributed by atoms with Crippen LogP contribution in [0.1, 0.15) is 5.56 Å². The van der Waals surface area contributed by atoms with Crippen molar-refractivity contribution in [3.8, 4) is 0 Å². The van der Waals surface area contributed by atoms with Crippen molar-refractivity contribution in [1.82, 2.24) is 10.3 Å². The highest BCUT2D eigenvalue weighted by Crippen LogP contribution is 1.93. The first-order chi connectivity index (χ1) is 4.43. The number of rotatable bonds is 2. The fourth-order valence-corrected chi connectivity index (χ4v) is 0.618. The minimum atomic E-state index is 0.697. The van der Waals surface area contributed by atoms with Gasteiger partial charge in [0.05, 0.1) is 0 Å². The van der Waals surface area contributed by atoms with Crippen molar-refractivity contribution < 1.29 is 0 Å². The van der Waals surface area contributed by atoms with E-state index in [9.17, 15) is 0 Å². The van der Waals surface area contributed by atoms with E-state index in [-0.39, 0.29) is 0 Å². The molecule has 9 heavy (non-hydrogen) atoms. The van der Waals surface area contributed by atoms with Crippen LogP contribution >= 0.6 is 0 Å². The number of hydrogen-bond donors (Lipinski definition) is 1. The third-order valence-corrected chi connectivity index (χ3v) is 1.06. The van der Waals surface area contributed by atoms with E-state index in [4.69, 9.17) is 7.05 Å². The van der Waals surface area contributed by atoms with Crippen LogP contribution in [0, 0.1) is 7.05 Å². The van der Waals surface area contributed by atoms with E-state index in [1.54, 1.807) is 12.4 Å². The van der Waals surface area contributed by atoms with Crippen LogP contribution in [-0.2, 0) is 6.54 Å². The molecule has 0 aliphatic carbocycles. The SMILES string of the molecule is [CH]NCc1ccncc1. The number of nitrogens with one attached hydrogen (secondary N) is 1. The van der Waals surface area contributed by atoms with E-state index >= 15 is 0 Å². The third kappa shape index (κ3) is 1.82. The van der Waals surface area contributed by atoms with Crippen molar-refractivity contribution in [3.05, 3.63) is 37.1 Å². The zero-order chi connectivity index (χ0) is 6.53. The summed E-state index contributed by atoms with van der Waals surface area (Å²) in [4.78, 5) is 3.86. The van der Waals surface area contributed by atoms with Gasteiger partial charge in [0, 0.05) is 26.0 Å². The van der Waals surface area contributed by atoms with Crippen molar-refractivity contribution in [3.63, 3.8) is 0 Å². The van der Waals surface area contributed by atoms with Gasteiger partial charge in [-0.25, -0.2) is 0 Å². The highest BCUT2D eigenvalue weighted by atomic mass is 14.8. The van der Waals surface area contributed by atoms with Crippen LogP contribution in [0.25, 0.3) is 0 Å². The fourth-order valence-electron chi connectivity index (χ4n) is 0.618. The Hall–Kier alpha value is -0.890. The smallest absolute Gasteiger partial charge is 0.0410 e. The second kappa shape index (κ2) is 3.20. The standard InChI is InChI=1S/C7H8N2/c1-8-6-7-2-4-9-5-3-7/h1-5,8H,6H2. The van der Waals surface area contributed by atoms with Gasteiger partial charge in [0.2, 0.25) is 0 Å². The molecule has 0 spiro atoms. The van der Waals surface area contributed by atoms with Gasteiger partial charge >= 0.3 is 0 Å². The number of nitrogens with zero attached hydrogens (tertiary/aromatic N) is 1. The molecule has 0 saturated heterocycles. The van der Waals surface area contributed by atoms with Crippen LogP contribution in [0.15, 0.2) is 24.5 Å². The average molecular weight is 120 g/mol. The van der Waals surface area contributed by atoms with Gasteiger partial charge < -0.3 is 5.32 Å². The molecule has 46 valence electrons. The molecule has 0 fully saturated rings. The lowest BCUT2D eigenvalue weighted by atomic mass is 10.3. The molecule has 0 aromatic carbocycles. The van der Waals surface area contributed by atoms with Crippen LogP contribution in [0.2, 0.25) is 0 Å². The first-order valence-corrected chi connectivity index (χ1v) is 2.76. The Morgan fingerprint density at radius 1 is 1.44 bits per heavy atom. The summed E-state index contributed by atoms with van der Waals surface area (Å²) in [6, 6.07) is 3.83. The molecule has 0 atom stereocenters. The van der Waals surface area contributed by atoms with Crippen molar-refractivity contribution in [2.75, 3.05) is 0 Å². The zero-order valence-electron chi connectivity index (χ0n) is 5.04. The molecule has 2 nitrogen and oxygen atoms in total. The Morgan fingerprint density at radius 3 is 2.67 bits per heavy atom. The molecule has 2 heteroatoms.